The molecule has 0 aromatic heterocycles. The van der Waals surface area contributed by atoms with Crippen LogP contribution in [0.25, 0.3) is 0 Å². The number of likely N-dealkylation sites (N-methyl/N-ethyl adjacent to an activating group) is 1. The van der Waals surface area contributed by atoms with E-state index in [1.54, 1.807) is 0 Å². The minimum absolute atomic E-state index is 0.107. The van der Waals surface area contributed by atoms with Crippen LogP contribution in [0.3, 0.4) is 0 Å². The molecule has 15 heavy (non-hydrogen) atoms. The van der Waals surface area contributed by atoms with Crippen molar-refractivity contribution >= 4 is 5.97 Å². The highest BCUT2D eigenvalue weighted by Crippen LogP contribution is 2.16. The van der Waals surface area contributed by atoms with Crippen LogP contribution in [0.15, 0.2) is 0 Å². The molecule has 0 amide bonds. The van der Waals surface area contributed by atoms with Crippen LogP contribution in [0.1, 0.15) is 13.3 Å². The molecule has 0 aliphatic carbocycles. The number of halogens is 3. The van der Waals surface area contributed by atoms with Crippen molar-refractivity contribution in [3.63, 3.8) is 0 Å². The largest absolute Gasteiger partial charge is 0.481 e. The van der Waals surface area contributed by atoms with Gasteiger partial charge in [0.05, 0.1) is 19.1 Å². The Morgan fingerprint density at radius 3 is 2.33 bits per heavy atom. The first-order chi connectivity index (χ1) is 6.74. The molecule has 0 heterocycles. The number of aliphatic carboxylic acids is 1. The van der Waals surface area contributed by atoms with E-state index in [0.29, 0.717) is 0 Å². The molecule has 7 heteroatoms. The van der Waals surface area contributed by atoms with Crippen molar-refractivity contribution < 1.29 is 28.2 Å². The molecule has 90 valence electrons. The van der Waals surface area contributed by atoms with E-state index in [0.717, 1.165) is 4.90 Å². The second-order valence-corrected chi connectivity index (χ2v) is 3.19. The third-order valence-corrected chi connectivity index (χ3v) is 1.73. The summed E-state index contributed by atoms with van der Waals surface area (Å²) >= 11 is 0. The van der Waals surface area contributed by atoms with Gasteiger partial charge in [-0.05, 0) is 6.54 Å². The lowest BCUT2D eigenvalue weighted by atomic mass is 10.2. The normalized spacial score (nSPS) is 14.3. The summed E-state index contributed by atoms with van der Waals surface area (Å²) in [5.41, 5.74) is 0. The monoisotopic (exact) mass is 229 g/mol. The zero-order valence-corrected chi connectivity index (χ0v) is 8.29. The minimum Gasteiger partial charge on any atom is -0.481 e. The summed E-state index contributed by atoms with van der Waals surface area (Å²) in [7, 11) is 0. The Bertz CT molecular complexity index is 208. The van der Waals surface area contributed by atoms with Crippen LogP contribution in [0.2, 0.25) is 0 Å². The lowest BCUT2D eigenvalue weighted by molar-refractivity contribution is -0.149. The van der Waals surface area contributed by atoms with Crippen LogP contribution in [0.4, 0.5) is 13.2 Å². The van der Waals surface area contributed by atoms with Crippen LogP contribution in [0, 0.1) is 0 Å². The third-order valence-electron chi connectivity index (χ3n) is 1.73. The van der Waals surface area contributed by atoms with Gasteiger partial charge in [-0.15, -0.1) is 0 Å². The number of carbonyl (C=O) groups is 1. The summed E-state index contributed by atoms with van der Waals surface area (Å²) in [4.78, 5) is 11.1. The molecule has 0 saturated carbocycles. The Balaban J connectivity index is 4.04. The van der Waals surface area contributed by atoms with Crippen LogP contribution >= 0.6 is 0 Å². The first-order valence-electron chi connectivity index (χ1n) is 4.43. The predicted octanol–water partition coefficient (Wildman–Crippen LogP) is 0.706. The van der Waals surface area contributed by atoms with E-state index in [1.807, 2.05) is 0 Å². The van der Waals surface area contributed by atoms with Crippen molar-refractivity contribution in [2.75, 3.05) is 19.6 Å². The average Bonchev–Trinajstić information content (AvgIpc) is 1.98. The zero-order chi connectivity index (χ0) is 12.1. The molecule has 0 aromatic carbocycles. The van der Waals surface area contributed by atoms with E-state index >= 15 is 0 Å². The molecule has 0 aromatic rings. The van der Waals surface area contributed by atoms with Crippen LogP contribution in [-0.2, 0) is 4.79 Å². The number of alkyl halides is 3. The fraction of sp³-hybridized carbons (Fsp3) is 0.875. The summed E-state index contributed by atoms with van der Waals surface area (Å²) < 4.78 is 35.9. The molecule has 1 unspecified atom stereocenters. The fourth-order valence-electron chi connectivity index (χ4n) is 1.12. The number of nitrogens with zero attached hydrogens (tertiary/aromatic N) is 1. The van der Waals surface area contributed by atoms with Gasteiger partial charge in [0.2, 0.25) is 0 Å². The molecule has 4 nitrogen and oxygen atoms in total. The number of hydrogen-bond donors (Lipinski definition) is 2. The fourth-order valence-corrected chi connectivity index (χ4v) is 1.12. The van der Waals surface area contributed by atoms with Gasteiger partial charge in [0, 0.05) is 6.54 Å². The highest BCUT2D eigenvalue weighted by molar-refractivity contribution is 5.67. The quantitative estimate of drug-likeness (QED) is 0.704. The first-order valence-corrected chi connectivity index (χ1v) is 4.43. The molecule has 1 atom stereocenters. The molecule has 0 spiro atoms. The summed E-state index contributed by atoms with van der Waals surface area (Å²) in [6.45, 7) is 0.192. The summed E-state index contributed by atoms with van der Waals surface area (Å²) in [6, 6.07) is 0. The van der Waals surface area contributed by atoms with Gasteiger partial charge in [0.1, 0.15) is 0 Å². The molecule has 0 radical (unpaired) electrons. The molecule has 0 fully saturated rings. The van der Waals surface area contributed by atoms with E-state index in [-0.39, 0.29) is 13.1 Å². The van der Waals surface area contributed by atoms with Gasteiger partial charge in [-0.25, -0.2) is 0 Å². The summed E-state index contributed by atoms with van der Waals surface area (Å²) in [6.07, 6.45) is -6.15. The van der Waals surface area contributed by atoms with Crippen LogP contribution < -0.4 is 0 Å². The topological polar surface area (TPSA) is 60.8 Å². The van der Waals surface area contributed by atoms with Crippen molar-refractivity contribution in [2.45, 2.75) is 25.6 Å². The maximum atomic E-state index is 12.0. The average molecular weight is 229 g/mol. The highest BCUT2D eigenvalue weighted by atomic mass is 19.4. The number of aliphatic hydroxyl groups is 1. The first kappa shape index (κ1) is 14.2. The Morgan fingerprint density at radius 2 is 2.00 bits per heavy atom. The van der Waals surface area contributed by atoms with E-state index in [9.17, 15) is 18.0 Å². The second kappa shape index (κ2) is 5.92. The number of carboxylic acid groups (broad SMARTS) is 1. The van der Waals surface area contributed by atoms with E-state index in [4.69, 9.17) is 10.2 Å². The van der Waals surface area contributed by atoms with Gasteiger partial charge in [-0.3, -0.25) is 9.69 Å². The lowest BCUT2D eigenvalue weighted by Crippen LogP contribution is -2.39. The second-order valence-electron chi connectivity index (χ2n) is 3.19. The predicted molar refractivity (Wildman–Crippen MR) is 46.4 cm³/mol. The van der Waals surface area contributed by atoms with Crippen LogP contribution in [0.5, 0.6) is 0 Å². The molecule has 0 aliphatic heterocycles. The lowest BCUT2D eigenvalue weighted by Gasteiger charge is -2.23. The van der Waals surface area contributed by atoms with Gasteiger partial charge in [-0.1, -0.05) is 6.92 Å². The summed E-state index contributed by atoms with van der Waals surface area (Å²) in [5.74, 6) is -1.23. The van der Waals surface area contributed by atoms with Crippen molar-refractivity contribution in [1.82, 2.24) is 4.90 Å². The Morgan fingerprint density at radius 1 is 1.47 bits per heavy atom. The number of aliphatic hydroxyl groups excluding tert-OH is 1. The zero-order valence-electron chi connectivity index (χ0n) is 8.29. The van der Waals surface area contributed by atoms with Gasteiger partial charge in [0.25, 0.3) is 0 Å². The SMILES string of the molecule is CCN(CC(O)CC(=O)O)CC(F)(F)F. The highest BCUT2D eigenvalue weighted by Gasteiger charge is 2.30. The maximum absolute atomic E-state index is 12.0. The smallest absolute Gasteiger partial charge is 0.401 e. The van der Waals surface area contributed by atoms with Gasteiger partial charge in [-0.2, -0.15) is 13.2 Å². The van der Waals surface area contributed by atoms with Gasteiger partial charge >= 0.3 is 12.1 Å². The number of carboxylic acids is 1. The van der Waals surface area contributed by atoms with E-state index in [1.165, 1.54) is 6.92 Å². The Hall–Kier alpha value is -0.820. The van der Waals surface area contributed by atoms with Crippen molar-refractivity contribution in [2.24, 2.45) is 0 Å². The minimum atomic E-state index is -4.33. The van der Waals surface area contributed by atoms with Gasteiger partial charge < -0.3 is 10.2 Å². The molecule has 0 saturated heterocycles. The van der Waals surface area contributed by atoms with Crippen molar-refractivity contribution in [1.29, 1.82) is 0 Å². The Kier molecular flexibility index (Phi) is 5.59. The number of rotatable bonds is 6. The summed E-state index contributed by atoms with van der Waals surface area (Å²) in [5, 5.41) is 17.4. The molecule has 0 bridgehead atoms. The van der Waals surface area contributed by atoms with Crippen molar-refractivity contribution in [3.05, 3.63) is 0 Å². The molecular weight excluding hydrogens is 215 g/mol. The van der Waals surface area contributed by atoms with Crippen molar-refractivity contribution in [3.8, 4) is 0 Å². The maximum Gasteiger partial charge on any atom is 0.401 e. The molecule has 2 N–H and O–H groups in total. The van der Waals surface area contributed by atoms with Crippen LogP contribution in [-0.4, -0.2) is 53.0 Å². The number of hydrogen-bond acceptors (Lipinski definition) is 3. The molecule has 0 rings (SSSR count). The molecular formula is C8H14F3NO3. The standard InChI is InChI=1S/C8H14F3NO3/c1-2-12(5-8(9,10)11)4-6(13)3-7(14)15/h6,13H,2-5H2,1H3,(H,14,15). The third kappa shape index (κ3) is 8.19. The van der Waals surface area contributed by atoms with Gasteiger partial charge in [0.15, 0.2) is 0 Å². The van der Waals surface area contributed by atoms with E-state index < -0.39 is 31.2 Å². The Labute approximate surface area is 85.3 Å². The van der Waals surface area contributed by atoms with E-state index in [2.05, 4.69) is 0 Å². The molecule has 0 aliphatic rings.